The highest BCUT2D eigenvalue weighted by molar-refractivity contribution is 5.95. The van der Waals surface area contributed by atoms with E-state index in [0.717, 1.165) is 11.1 Å². The van der Waals surface area contributed by atoms with Gasteiger partial charge in [0.15, 0.2) is 23.0 Å². The van der Waals surface area contributed by atoms with Crippen molar-refractivity contribution in [3.8, 4) is 34.5 Å². The SMILES string of the molecule is COc1cc([C@@H]2c3cc4c(cc3[C@@H](NC(=O)c3ccc(OC(C)=O)cc3)[C@H]3COC(=O)[C@H]23)OCO4)cc(OC)c1O. The molecular weight excluding hydrogens is 534 g/mol. The number of carbonyl (C=O) groups excluding carboxylic acids is 3. The van der Waals surface area contributed by atoms with Crippen molar-refractivity contribution in [3.05, 3.63) is 70.8 Å². The Morgan fingerprint density at radius 2 is 1.56 bits per heavy atom. The van der Waals surface area contributed by atoms with E-state index in [1.54, 1.807) is 24.3 Å². The average molecular weight is 562 g/mol. The predicted octanol–water partition coefficient (Wildman–Crippen LogP) is 3.47. The number of phenols is 1. The molecule has 2 N–H and O–H groups in total. The van der Waals surface area contributed by atoms with Crippen molar-refractivity contribution in [1.29, 1.82) is 0 Å². The van der Waals surface area contributed by atoms with E-state index in [2.05, 4.69) is 5.32 Å². The van der Waals surface area contributed by atoms with Crippen LogP contribution in [0.1, 0.15) is 45.9 Å². The molecule has 2 heterocycles. The summed E-state index contributed by atoms with van der Waals surface area (Å²) in [6, 6.07) is 12.6. The number of hydrogen-bond donors (Lipinski definition) is 2. The molecule has 3 aromatic rings. The van der Waals surface area contributed by atoms with Crippen LogP contribution in [0.15, 0.2) is 48.5 Å². The molecule has 11 nitrogen and oxygen atoms in total. The molecule has 0 bridgehead atoms. The smallest absolute Gasteiger partial charge is 0.310 e. The molecule has 0 unspecified atom stereocenters. The summed E-state index contributed by atoms with van der Waals surface area (Å²) in [6.45, 7) is 1.44. The normalized spacial score (nSPS) is 21.8. The standard InChI is InChI=1S/C30H27NO10/c1-14(32)41-17-6-4-15(5-7-17)29(34)31-27-19-11-22-21(39-13-40-22)10-18(19)25(26-20(27)12-38-30(26)35)16-8-23(36-2)28(33)24(9-16)37-3/h4-11,20,25-27,33H,12-13H2,1-3H3,(H,31,34)/t20-,25+,26-,27+/m0/s1. The molecule has 3 aromatic carbocycles. The van der Waals surface area contributed by atoms with Crippen molar-refractivity contribution in [2.45, 2.75) is 18.9 Å². The van der Waals surface area contributed by atoms with E-state index in [1.165, 1.54) is 33.3 Å². The van der Waals surface area contributed by atoms with Gasteiger partial charge in [-0.2, -0.15) is 0 Å². The Kier molecular flexibility index (Phi) is 6.56. The second-order valence-electron chi connectivity index (χ2n) is 9.97. The number of nitrogens with one attached hydrogen (secondary N) is 1. The number of carbonyl (C=O) groups is 3. The summed E-state index contributed by atoms with van der Waals surface area (Å²) in [4.78, 5) is 38.0. The molecular formula is C30H27NO10. The van der Waals surface area contributed by atoms with Gasteiger partial charge < -0.3 is 38.8 Å². The number of esters is 2. The summed E-state index contributed by atoms with van der Waals surface area (Å²) in [5, 5.41) is 13.6. The quantitative estimate of drug-likeness (QED) is 0.340. The largest absolute Gasteiger partial charge is 0.502 e. The van der Waals surface area contributed by atoms with Gasteiger partial charge in [-0.3, -0.25) is 14.4 Å². The predicted molar refractivity (Wildman–Crippen MR) is 142 cm³/mol. The van der Waals surface area contributed by atoms with Gasteiger partial charge in [-0.05, 0) is 65.2 Å². The van der Waals surface area contributed by atoms with E-state index in [1.807, 2.05) is 12.1 Å². The third-order valence-corrected chi connectivity index (χ3v) is 7.71. The number of cyclic esters (lactones) is 1. The van der Waals surface area contributed by atoms with Crippen LogP contribution in [0.5, 0.6) is 34.5 Å². The number of methoxy groups -OCH3 is 2. The van der Waals surface area contributed by atoms with Crippen LogP contribution in [0.25, 0.3) is 0 Å². The summed E-state index contributed by atoms with van der Waals surface area (Å²) < 4.78 is 32.8. The van der Waals surface area contributed by atoms with Crippen molar-refractivity contribution in [2.75, 3.05) is 27.6 Å². The molecule has 1 fully saturated rings. The maximum absolute atomic E-state index is 13.5. The van der Waals surface area contributed by atoms with Crippen LogP contribution >= 0.6 is 0 Å². The molecule has 41 heavy (non-hydrogen) atoms. The van der Waals surface area contributed by atoms with E-state index in [0.29, 0.717) is 28.4 Å². The van der Waals surface area contributed by atoms with Gasteiger partial charge in [0.2, 0.25) is 12.5 Å². The van der Waals surface area contributed by atoms with Crippen LogP contribution < -0.4 is 29.0 Å². The zero-order valence-electron chi connectivity index (χ0n) is 22.5. The van der Waals surface area contributed by atoms with Gasteiger partial charge in [0, 0.05) is 24.3 Å². The first kappa shape index (κ1) is 26.3. The van der Waals surface area contributed by atoms with Gasteiger partial charge in [-0.25, -0.2) is 0 Å². The molecule has 11 heteroatoms. The molecule has 0 spiro atoms. The number of fused-ring (bicyclic) bond motifs is 3. The Labute approximate surface area is 234 Å². The van der Waals surface area contributed by atoms with Crippen molar-refractivity contribution in [1.82, 2.24) is 5.32 Å². The second-order valence-corrected chi connectivity index (χ2v) is 9.97. The molecule has 1 amide bonds. The Balaban J connectivity index is 1.45. The van der Waals surface area contributed by atoms with Crippen LogP contribution in [-0.4, -0.2) is 50.6 Å². The minimum atomic E-state index is -0.668. The number of hydrogen-bond acceptors (Lipinski definition) is 10. The van der Waals surface area contributed by atoms with Crippen molar-refractivity contribution < 1.29 is 47.9 Å². The molecule has 212 valence electrons. The van der Waals surface area contributed by atoms with Crippen LogP contribution in [0.2, 0.25) is 0 Å². The van der Waals surface area contributed by atoms with E-state index in [4.69, 9.17) is 28.4 Å². The van der Waals surface area contributed by atoms with E-state index in [9.17, 15) is 19.5 Å². The van der Waals surface area contributed by atoms with Gasteiger partial charge in [0.05, 0.1) is 32.8 Å². The lowest BCUT2D eigenvalue weighted by atomic mass is 9.65. The van der Waals surface area contributed by atoms with Crippen molar-refractivity contribution >= 4 is 17.8 Å². The van der Waals surface area contributed by atoms with E-state index >= 15 is 0 Å². The molecule has 6 rings (SSSR count). The van der Waals surface area contributed by atoms with Crippen LogP contribution in [0, 0.1) is 11.8 Å². The maximum atomic E-state index is 13.5. The van der Waals surface area contributed by atoms with Crippen molar-refractivity contribution in [2.24, 2.45) is 11.8 Å². The Morgan fingerprint density at radius 1 is 0.927 bits per heavy atom. The first-order chi connectivity index (χ1) is 19.8. The number of ether oxygens (including phenoxy) is 6. The highest BCUT2D eigenvalue weighted by Gasteiger charge is 2.53. The fourth-order valence-electron chi connectivity index (χ4n) is 5.91. The van der Waals surface area contributed by atoms with E-state index in [-0.39, 0.29) is 36.6 Å². The van der Waals surface area contributed by atoms with Gasteiger partial charge in [0.1, 0.15) is 5.75 Å². The second kappa shape index (κ2) is 10.2. The minimum absolute atomic E-state index is 0.0460. The van der Waals surface area contributed by atoms with Crippen LogP contribution in [0.4, 0.5) is 0 Å². The molecule has 1 saturated heterocycles. The lowest BCUT2D eigenvalue weighted by molar-refractivity contribution is -0.141. The molecule has 0 aromatic heterocycles. The van der Waals surface area contributed by atoms with E-state index < -0.39 is 35.7 Å². The Bertz CT molecular complexity index is 1520. The molecule has 2 aliphatic heterocycles. The summed E-state index contributed by atoms with van der Waals surface area (Å²) >= 11 is 0. The zero-order chi connectivity index (χ0) is 28.8. The molecule has 4 atom stereocenters. The maximum Gasteiger partial charge on any atom is 0.310 e. The van der Waals surface area contributed by atoms with Gasteiger partial charge in [-0.1, -0.05) is 0 Å². The summed E-state index contributed by atoms with van der Waals surface area (Å²) in [7, 11) is 2.87. The Morgan fingerprint density at radius 3 is 2.17 bits per heavy atom. The summed E-state index contributed by atoms with van der Waals surface area (Å²) in [6.07, 6.45) is 0. The molecule has 0 radical (unpaired) electrons. The zero-order valence-corrected chi connectivity index (χ0v) is 22.5. The minimum Gasteiger partial charge on any atom is -0.502 e. The van der Waals surface area contributed by atoms with Gasteiger partial charge in [-0.15, -0.1) is 0 Å². The van der Waals surface area contributed by atoms with Crippen LogP contribution in [0.3, 0.4) is 0 Å². The third-order valence-electron chi connectivity index (χ3n) is 7.71. The average Bonchev–Trinajstić information content (AvgIpc) is 3.58. The summed E-state index contributed by atoms with van der Waals surface area (Å²) in [5.74, 6) is -1.27. The van der Waals surface area contributed by atoms with Crippen LogP contribution in [-0.2, 0) is 14.3 Å². The first-order valence-electron chi connectivity index (χ1n) is 12.9. The highest BCUT2D eigenvalue weighted by atomic mass is 16.7. The topological polar surface area (TPSA) is 139 Å². The fourth-order valence-corrected chi connectivity index (χ4v) is 5.91. The number of phenolic OH excluding ortho intramolecular Hbond substituents is 1. The Hall–Kier alpha value is -4.93. The van der Waals surface area contributed by atoms with Crippen molar-refractivity contribution in [3.63, 3.8) is 0 Å². The number of rotatable bonds is 6. The number of benzene rings is 3. The van der Waals surface area contributed by atoms with Gasteiger partial charge >= 0.3 is 11.9 Å². The lowest BCUT2D eigenvalue weighted by Crippen LogP contribution is -2.42. The third kappa shape index (κ3) is 4.52. The fraction of sp³-hybridized carbons (Fsp3) is 0.300. The number of aromatic hydroxyl groups is 1. The first-order valence-corrected chi connectivity index (χ1v) is 12.9. The molecule has 1 aliphatic carbocycles. The van der Waals surface area contributed by atoms with Gasteiger partial charge in [0.25, 0.3) is 5.91 Å². The molecule has 0 saturated carbocycles. The number of amides is 1. The lowest BCUT2D eigenvalue weighted by Gasteiger charge is -2.39. The summed E-state index contributed by atoms with van der Waals surface area (Å²) in [5.41, 5.74) is 2.49. The highest BCUT2D eigenvalue weighted by Crippen LogP contribution is 2.55. The molecule has 3 aliphatic rings. The monoisotopic (exact) mass is 561 g/mol.